The van der Waals surface area contributed by atoms with Crippen molar-refractivity contribution >= 4 is 27.1 Å². The van der Waals surface area contributed by atoms with Gasteiger partial charge < -0.3 is 11.1 Å². The van der Waals surface area contributed by atoms with Crippen molar-refractivity contribution in [2.75, 3.05) is 12.3 Å². The zero-order valence-electron chi connectivity index (χ0n) is 8.21. The van der Waals surface area contributed by atoms with Gasteiger partial charge in [0, 0.05) is 12.2 Å². The van der Waals surface area contributed by atoms with Gasteiger partial charge >= 0.3 is 0 Å². The average molecular weight is 206 g/mol. The van der Waals surface area contributed by atoms with E-state index < -0.39 is 0 Å². The van der Waals surface area contributed by atoms with Gasteiger partial charge in [-0.15, -0.1) is 11.3 Å². The number of benzene rings is 1. The van der Waals surface area contributed by atoms with Crippen LogP contribution >= 0.6 is 11.3 Å². The van der Waals surface area contributed by atoms with Crippen molar-refractivity contribution in [2.45, 2.75) is 13.5 Å². The summed E-state index contributed by atoms with van der Waals surface area (Å²) >= 11 is 1.73. The molecule has 14 heavy (non-hydrogen) atoms. The van der Waals surface area contributed by atoms with Gasteiger partial charge in [0.05, 0.1) is 4.70 Å². The predicted molar refractivity (Wildman–Crippen MR) is 63.6 cm³/mol. The van der Waals surface area contributed by atoms with E-state index in [0.29, 0.717) is 0 Å². The number of thiophene rings is 1. The lowest BCUT2D eigenvalue weighted by Crippen LogP contribution is -2.11. The highest BCUT2D eigenvalue weighted by Crippen LogP contribution is 2.30. The van der Waals surface area contributed by atoms with Crippen molar-refractivity contribution in [1.82, 2.24) is 5.32 Å². The topological polar surface area (TPSA) is 38.0 Å². The molecule has 1 aromatic heterocycles. The molecule has 1 heterocycles. The van der Waals surface area contributed by atoms with E-state index in [4.69, 9.17) is 5.73 Å². The van der Waals surface area contributed by atoms with Crippen LogP contribution < -0.4 is 11.1 Å². The third-order valence-electron chi connectivity index (χ3n) is 2.28. The van der Waals surface area contributed by atoms with Crippen LogP contribution in [0.4, 0.5) is 5.69 Å². The maximum atomic E-state index is 5.89. The third-order valence-corrected chi connectivity index (χ3v) is 3.37. The number of nitrogens with two attached hydrogens (primary N) is 1. The minimum Gasteiger partial charge on any atom is -0.398 e. The van der Waals surface area contributed by atoms with Crippen LogP contribution in [0.1, 0.15) is 12.5 Å². The van der Waals surface area contributed by atoms with E-state index in [-0.39, 0.29) is 0 Å². The van der Waals surface area contributed by atoms with Gasteiger partial charge in [0.15, 0.2) is 0 Å². The Morgan fingerprint density at radius 1 is 1.43 bits per heavy atom. The van der Waals surface area contributed by atoms with Crippen molar-refractivity contribution in [1.29, 1.82) is 0 Å². The van der Waals surface area contributed by atoms with Gasteiger partial charge in [0.1, 0.15) is 0 Å². The molecule has 2 nitrogen and oxygen atoms in total. The molecule has 0 spiro atoms. The normalized spacial score (nSPS) is 10.9. The monoisotopic (exact) mass is 206 g/mol. The van der Waals surface area contributed by atoms with E-state index in [9.17, 15) is 0 Å². The number of anilines is 1. The Hall–Kier alpha value is -1.06. The SMILES string of the molecule is CCNCc1csc2c(N)cccc12. The zero-order chi connectivity index (χ0) is 9.97. The van der Waals surface area contributed by atoms with Crippen molar-refractivity contribution < 1.29 is 0 Å². The highest BCUT2D eigenvalue weighted by atomic mass is 32.1. The number of nitrogens with one attached hydrogen (secondary N) is 1. The van der Waals surface area contributed by atoms with Crippen LogP contribution in [0.3, 0.4) is 0 Å². The standard InChI is InChI=1S/C11H14N2S/c1-2-13-6-8-7-14-11-9(8)4-3-5-10(11)12/h3-5,7,13H,2,6,12H2,1H3. The van der Waals surface area contributed by atoms with Crippen LogP contribution in [0.25, 0.3) is 10.1 Å². The second kappa shape index (κ2) is 3.98. The lowest BCUT2D eigenvalue weighted by atomic mass is 10.1. The first-order valence-corrected chi connectivity index (χ1v) is 5.66. The number of nitrogen functional groups attached to an aromatic ring is 1. The molecular weight excluding hydrogens is 192 g/mol. The summed E-state index contributed by atoms with van der Waals surface area (Å²) in [6.07, 6.45) is 0. The van der Waals surface area contributed by atoms with E-state index in [1.807, 2.05) is 12.1 Å². The third kappa shape index (κ3) is 1.61. The van der Waals surface area contributed by atoms with E-state index in [1.165, 1.54) is 15.6 Å². The van der Waals surface area contributed by atoms with Crippen LogP contribution in [0.2, 0.25) is 0 Å². The Morgan fingerprint density at radius 3 is 3.07 bits per heavy atom. The summed E-state index contributed by atoms with van der Waals surface area (Å²) in [5.41, 5.74) is 8.12. The lowest BCUT2D eigenvalue weighted by molar-refractivity contribution is 0.732. The summed E-state index contributed by atoms with van der Waals surface area (Å²) < 4.78 is 1.21. The molecule has 0 aliphatic rings. The Balaban J connectivity index is 2.42. The molecule has 0 saturated heterocycles. The Morgan fingerprint density at radius 2 is 2.29 bits per heavy atom. The molecule has 3 heteroatoms. The molecule has 0 saturated carbocycles. The minimum absolute atomic E-state index is 0.884. The summed E-state index contributed by atoms with van der Waals surface area (Å²) in [5.74, 6) is 0. The molecule has 74 valence electrons. The summed E-state index contributed by atoms with van der Waals surface area (Å²) in [6, 6.07) is 6.10. The zero-order valence-corrected chi connectivity index (χ0v) is 9.03. The van der Waals surface area contributed by atoms with E-state index in [0.717, 1.165) is 18.8 Å². The van der Waals surface area contributed by atoms with Crippen LogP contribution in [0, 0.1) is 0 Å². The van der Waals surface area contributed by atoms with Crippen LogP contribution in [-0.2, 0) is 6.54 Å². The molecule has 0 amide bonds. The average Bonchev–Trinajstić information content (AvgIpc) is 2.60. The van der Waals surface area contributed by atoms with Crippen molar-refractivity contribution in [3.05, 3.63) is 29.1 Å². The van der Waals surface area contributed by atoms with Crippen molar-refractivity contribution in [2.24, 2.45) is 0 Å². The second-order valence-corrected chi connectivity index (χ2v) is 4.14. The lowest BCUT2D eigenvalue weighted by Gasteiger charge is -2.00. The Bertz CT molecular complexity index is 434. The largest absolute Gasteiger partial charge is 0.398 e. The molecule has 0 fully saturated rings. The first-order valence-electron chi connectivity index (χ1n) is 4.78. The first-order chi connectivity index (χ1) is 6.83. The van der Waals surface area contributed by atoms with E-state index in [2.05, 4.69) is 23.7 Å². The van der Waals surface area contributed by atoms with Gasteiger partial charge in [-0.2, -0.15) is 0 Å². The van der Waals surface area contributed by atoms with Crippen molar-refractivity contribution in [3.8, 4) is 0 Å². The van der Waals surface area contributed by atoms with Gasteiger partial charge in [-0.3, -0.25) is 0 Å². The Kier molecular flexibility index (Phi) is 2.70. The highest BCUT2D eigenvalue weighted by molar-refractivity contribution is 7.18. The maximum Gasteiger partial charge on any atom is 0.0575 e. The maximum absolute atomic E-state index is 5.89. The molecular formula is C11H14N2S. The molecule has 1 aromatic carbocycles. The highest BCUT2D eigenvalue weighted by Gasteiger charge is 2.04. The molecule has 0 bridgehead atoms. The van der Waals surface area contributed by atoms with Crippen LogP contribution in [0.15, 0.2) is 23.6 Å². The van der Waals surface area contributed by atoms with Gasteiger partial charge in [0.25, 0.3) is 0 Å². The quantitative estimate of drug-likeness (QED) is 0.757. The van der Waals surface area contributed by atoms with E-state index in [1.54, 1.807) is 11.3 Å². The number of hydrogen-bond acceptors (Lipinski definition) is 3. The molecule has 2 rings (SSSR count). The first kappa shape index (κ1) is 9.49. The van der Waals surface area contributed by atoms with Crippen LogP contribution in [0.5, 0.6) is 0 Å². The summed E-state index contributed by atoms with van der Waals surface area (Å²) in [6.45, 7) is 4.04. The predicted octanol–water partition coefficient (Wildman–Crippen LogP) is 2.59. The molecule has 0 aliphatic heterocycles. The second-order valence-electron chi connectivity index (χ2n) is 3.27. The number of hydrogen-bond donors (Lipinski definition) is 2. The molecule has 3 N–H and O–H groups in total. The van der Waals surface area contributed by atoms with Gasteiger partial charge in [-0.25, -0.2) is 0 Å². The number of rotatable bonds is 3. The summed E-state index contributed by atoms with van der Waals surface area (Å²) in [4.78, 5) is 0. The smallest absolute Gasteiger partial charge is 0.0575 e. The minimum atomic E-state index is 0.884. The number of fused-ring (bicyclic) bond motifs is 1. The Labute approximate surface area is 87.7 Å². The van der Waals surface area contributed by atoms with E-state index >= 15 is 0 Å². The van der Waals surface area contributed by atoms with Crippen LogP contribution in [-0.4, -0.2) is 6.54 Å². The fourth-order valence-electron chi connectivity index (χ4n) is 1.53. The van der Waals surface area contributed by atoms with Gasteiger partial charge in [0.2, 0.25) is 0 Å². The summed E-state index contributed by atoms with van der Waals surface area (Å²) in [5, 5.41) is 6.80. The molecule has 0 atom stereocenters. The molecule has 0 radical (unpaired) electrons. The fraction of sp³-hybridized carbons (Fsp3) is 0.273. The molecule has 0 aliphatic carbocycles. The summed E-state index contributed by atoms with van der Waals surface area (Å²) in [7, 11) is 0. The van der Waals surface area contributed by atoms with Gasteiger partial charge in [-0.1, -0.05) is 19.1 Å². The van der Waals surface area contributed by atoms with Crippen molar-refractivity contribution in [3.63, 3.8) is 0 Å². The van der Waals surface area contributed by atoms with Gasteiger partial charge in [-0.05, 0) is 28.9 Å². The molecule has 0 unspecified atom stereocenters. The molecule has 2 aromatic rings. The fourth-order valence-corrected chi connectivity index (χ4v) is 2.53.